The highest BCUT2D eigenvalue weighted by molar-refractivity contribution is 9.12. The number of carbonyl (C=O) groups is 1. The number of benzene rings is 1. The number of hydrogen-bond donors (Lipinski definition) is 2. The van der Waals surface area contributed by atoms with Crippen LogP contribution >= 0.6 is 31.9 Å². The van der Waals surface area contributed by atoms with Crippen LogP contribution in [0.4, 0.5) is 0 Å². The third-order valence-corrected chi connectivity index (χ3v) is 6.76. The van der Waals surface area contributed by atoms with E-state index in [2.05, 4.69) is 43.3 Å². The molecule has 0 spiro atoms. The van der Waals surface area contributed by atoms with Crippen molar-refractivity contribution < 1.29 is 9.90 Å². The maximum Gasteiger partial charge on any atom is 0.219 e. The van der Waals surface area contributed by atoms with Gasteiger partial charge in [-0.1, -0.05) is 21.5 Å². The summed E-state index contributed by atoms with van der Waals surface area (Å²) in [5.41, 5.74) is 6.43. The van der Waals surface area contributed by atoms with Gasteiger partial charge in [0.1, 0.15) is 5.75 Å². The lowest BCUT2D eigenvalue weighted by molar-refractivity contribution is -0.129. The minimum Gasteiger partial charge on any atom is -0.508 e. The molecule has 4 rings (SSSR count). The van der Waals surface area contributed by atoms with E-state index in [9.17, 15) is 9.90 Å². The van der Waals surface area contributed by atoms with Gasteiger partial charge in [0.25, 0.3) is 0 Å². The van der Waals surface area contributed by atoms with Crippen molar-refractivity contribution in [1.29, 1.82) is 0 Å². The fourth-order valence-corrected chi connectivity index (χ4v) is 5.50. The van der Waals surface area contributed by atoms with Crippen molar-refractivity contribution in [1.82, 2.24) is 10.2 Å². The van der Waals surface area contributed by atoms with Gasteiger partial charge in [-0.3, -0.25) is 4.79 Å². The quantitative estimate of drug-likeness (QED) is 0.553. The Morgan fingerprint density at radius 1 is 1.19 bits per heavy atom. The van der Waals surface area contributed by atoms with E-state index in [-0.39, 0.29) is 11.9 Å². The molecule has 0 aromatic heterocycles. The molecule has 2 N–H and O–H groups in total. The average molecular weight is 494 g/mol. The topological polar surface area (TPSA) is 52.6 Å². The van der Waals surface area contributed by atoms with Crippen LogP contribution in [0.2, 0.25) is 0 Å². The maximum atomic E-state index is 11.7. The number of nitrogens with zero attached hydrogens (tertiary/aromatic N) is 1. The van der Waals surface area contributed by atoms with Gasteiger partial charge in [-0.15, -0.1) is 0 Å². The molecule has 1 aromatic carbocycles. The van der Waals surface area contributed by atoms with Crippen molar-refractivity contribution >= 4 is 43.3 Å². The highest BCUT2D eigenvalue weighted by Crippen LogP contribution is 2.44. The fraction of sp³-hybridized carbons (Fsp3) is 0.381. The van der Waals surface area contributed by atoms with E-state index >= 15 is 0 Å². The summed E-state index contributed by atoms with van der Waals surface area (Å²) in [6.45, 7) is 3.18. The van der Waals surface area contributed by atoms with Gasteiger partial charge in [0.2, 0.25) is 5.91 Å². The molecule has 1 atom stereocenters. The van der Waals surface area contributed by atoms with Gasteiger partial charge in [0.15, 0.2) is 0 Å². The molecule has 1 saturated heterocycles. The molecular weight excluding hydrogens is 472 g/mol. The van der Waals surface area contributed by atoms with Crippen LogP contribution < -0.4 is 5.32 Å². The number of allylic oxidation sites excluding steroid dienone is 2. The number of halogens is 2. The van der Waals surface area contributed by atoms with Crippen molar-refractivity contribution in [2.45, 2.75) is 38.6 Å². The SMILES string of the molecule is CC(=O)N1CCC(=C2c3c(Br)cc(O)cc3CCC3=CC(Br)=CNC32)CC1. The average Bonchev–Trinajstić information content (AvgIpc) is 2.78. The molecule has 27 heavy (non-hydrogen) atoms. The van der Waals surface area contributed by atoms with Crippen molar-refractivity contribution in [3.05, 3.63) is 55.6 Å². The number of rotatable bonds is 0. The van der Waals surface area contributed by atoms with E-state index in [1.807, 2.05) is 17.2 Å². The summed E-state index contributed by atoms with van der Waals surface area (Å²) in [6, 6.07) is 3.81. The zero-order chi connectivity index (χ0) is 19.1. The molecule has 1 unspecified atom stereocenters. The number of nitrogens with one attached hydrogen (secondary N) is 1. The molecule has 2 heterocycles. The molecule has 2 aliphatic heterocycles. The summed E-state index contributed by atoms with van der Waals surface area (Å²) >= 11 is 7.30. The summed E-state index contributed by atoms with van der Waals surface area (Å²) in [5, 5.41) is 13.7. The monoisotopic (exact) mass is 492 g/mol. The highest BCUT2D eigenvalue weighted by Gasteiger charge is 2.32. The van der Waals surface area contributed by atoms with Gasteiger partial charge in [-0.25, -0.2) is 0 Å². The molecule has 1 aromatic rings. The summed E-state index contributed by atoms with van der Waals surface area (Å²) in [5.74, 6) is 0.442. The summed E-state index contributed by atoms with van der Waals surface area (Å²) in [7, 11) is 0. The Bertz CT molecular complexity index is 892. The Morgan fingerprint density at radius 2 is 1.93 bits per heavy atom. The number of piperidine rings is 1. The molecule has 0 radical (unpaired) electrons. The van der Waals surface area contributed by atoms with Crippen molar-refractivity contribution in [2.24, 2.45) is 0 Å². The van der Waals surface area contributed by atoms with E-state index < -0.39 is 0 Å². The number of amides is 1. The zero-order valence-corrected chi connectivity index (χ0v) is 18.4. The third kappa shape index (κ3) is 3.61. The molecule has 1 amide bonds. The normalized spacial score (nSPS) is 22.2. The van der Waals surface area contributed by atoms with Gasteiger partial charge < -0.3 is 15.3 Å². The second kappa shape index (κ2) is 7.47. The number of phenols is 1. The first-order chi connectivity index (χ1) is 12.9. The Kier molecular flexibility index (Phi) is 5.21. The van der Waals surface area contributed by atoms with Crippen molar-refractivity contribution in [3.63, 3.8) is 0 Å². The Labute approximate surface area is 176 Å². The number of aryl methyl sites for hydroxylation is 1. The van der Waals surface area contributed by atoms with Crippen molar-refractivity contribution in [3.8, 4) is 5.75 Å². The summed E-state index contributed by atoms with van der Waals surface area (Å²) < 4.78 is 1.99. The molecular formula is C21H22Br2N2O2. The van der Waals surface area contributed by atoms with Crippen LogP contribution in [0.25, 0.3) is 5.57 Å². The van der Waals surface area contributed by atoms with Crippen LogP contribution in [0.15, 0.2) is 44.5 Å². The molecule has 0 bridgehead atoms. The Morgan fingerprint density at radius 3 is 2.63 bits per heavy atom. The van der Waals surface area contributed by atoms with E-state index in [0.717, 1.165) is 47.7 Å². The van der Waals surface area contributed by atoms with Crippen LogP contribution in [0, 0.1) is 0 Å². The molecule has 1 aliphatic carbocycles. The van der Waals surface area contributed by atoms with Gasteiger partial charge in [-0.2, -0.15) is 0 Å². The molecule has 0 saturated carbocycles. The highest BCUT2D eigenvalue weighted by atomic mass is 79.9. The number of phenolic OH excluding ortho intramolecular Hbond substituents is 1. The maximum absolute atomic E-state index is 11.7. The predicted molar refractivity (Wildman–Crippen MR) is 115 cm³/mol. The number of carbonyl (C=O) groups excluding carboxylic acids is 1. The smallest absolute Gasteiger partial charge is 0.219 e. The predicted octanol–water partition coefficient (Wildman–Crippen LogP) is 4.63. The largest absolute Gasteiger partial charge is 0.508 e. The second-order valence-electron chi connectivity index (χ2n) is 7.33. The minimum absolute atomic E-state index is 0.132. The van der Waals surface area contributed by atoms with Gasteiger partial charge in [0, 0.05) is 35.2 Å². The first-order valence-corrected chi connectivity index (χ1v) is 10.8. The lowest BCUT2D eigenvalue weighted by atomic mass is 9.85. The van der Waals surface area contributed by atoms with Crippen molar-refractivity contribution in [2.75, 3.05) is 13.1 Å². The van der Waals surface area contributed by atoms with E-state index in [4.69, 9.17) is 0 Å². The standard InChI is InChI=1S/C21H22Br2N2O2/c1-12(26)25-6-4-13(5-7-25)20-19-14(9-17(27)10-18(19)23)2-3-15-8-16(22)11-24-21(15)20/h8-11,21,24,27H,2-7H2,1H3. The number of fused-ring (bicyclic) bond motifs is 2. The van der Waals surface area contributed by atoms with E-state index in [1.54, 1.807) is 13.0 Å². The molecule has 4 nitrogen and oxygen atoms in total. The lowest BCUT2D eigenvalue weighted by Crippen LogP contribution is -2.36. The Balaban J connectivity index is 1.85. The molecule has 3 aliphatic rings. The van der Waals surface area contributed by atoms with Crippen LogP contribution in [-0.4, -0.2) is 35.0 Å². The number of dihydropyridines is 1. The van der Waals surface area contributed by atoms with Crippen LogP contribution in [0.3, 0.4) is 0 Å². The minimum atomic E-state index is 0.132. The third-order valence-electron chi connectivity index (χ3n) is 5.67. The van der Waals surface area contributed by atoms with Crippen LogP contribution in [0.1, 0.15) is 37.3 Å². The number of hydrogen-bond acceptors (Lipinski definition) is 3. The van der Waals surface area contributed by atoms with Gasteiger partial charge in [0.05, 0.1) is 6.04 Å². The summed E-state index contributed by atoms with van der Waals surface area (Å²) in [4.78, 5) is 13.7. The van der Waals surface area contributed by atoms with Gasteiger partial charge >= 0.3 is 0 Å². The Hall–Kier alpha value is -1.53. The van der Waals surface area contributed by atoms with Crippen LogP contribution in [0.5, 0.6) is 5.75 Å². The number of likely N-dealkylation sites (tertiary alicyclic amines) is 1. The van der Waals surface area contributed by atoms with Gasteiger partial charge in [-0.05, 0) is 82.1 Å². The first kappa shape index (κ1) is 18.8. The lowest BCUT2D eigenvalue weighted by Gasteiger charge is -2.33. The molecule has 142 valence electrons. The van der Waals surface area contributed by atoms with E-state index in [1.165, 1.54) is 27.8 Å². The molecule has 6 heteroatoms. The van der Waals surface area contributed by atoms with Crippen LogP contribution in [-0.2, 0) is 11.2 Å². The van der Waals surface area contributed by atoms with E-state index in [0.29, 0.717) is 5.75 Å². The molecule has 1 fully saturated rings. The first-order valence-electron chi connectivity index (χ1n) is 9.25. The zero-order valence-electron chi connectivity index (χ0n) is 15.2. The number of aromatic hydroxyl groups is 1. The summed E-state index contributed by atoms with van der Waals surface area (Å²) in [6.07, 6.45) is 7.84. The second-order valence-corrected chi connectivity index (χ2v) is 9.10. The fourth-order valence-electron chi connectivity index (χ4n) is 4.37.